The van der Waals surface area contributed by atoms with Crippen LogP contribution in [0.3, 0.4) is 0 Å². The molecule has 0 radical (unpaired) electrons. The number of nitrogens with zero attached hydrogens (tertiary/aromatic N) is 1. The Morgan fingerprint density at radius 3 is 2.66 bits per heavy atom. The van der Waals surface area contributed by atoms with Gasteiger partial charge in [0.25, 0.3) is 5.70 Å². The molecule has 1 N–H and O–H groups in total. The van der Waals surface area contributed by atoms with E-state index in [9.17, 15) is 23.7 Å². The molecule has 0 saturated heterocycles. The molecule has 1 heterocycles. The molecule has 8 nitrogen and oxygen atoms in total. The Balaban J connectivity index is 2.38. The van der Waals surface area contributed by atoms with Crippen molar-refractivity contribution in [3.05, 3.63) is 63.1 Å². The van der Waals surface area contributed by atoms with E-state index in [0.29, 0.717) is 12.3 Å². The highest BCUT2D eigenvalue weighted by Gasteiger charge is 2.40. The highest BCUT2D eigenvalue weighted by molar-refractivity contribution is 5.92. The van der Waals surface area contributed by atoms with E-state index >= 15 is 0 Å². The number of allylic oxidation sites excluding steroid dienone is 2. The van der Waals surface area contributed by atoms with Crippen molar-refractivity contribution in [2.24, 2.45) is 0 Å². The van der Waals surface area contributed by atoms with Gasteiger partial charge >= 0.3 is 12.6 Å². The van der Waals surface area contributed by atoms with E-state index in [-0.39, 0.29) is 30.1 Å². The molecule has 0 aromatic heterocycles. The molecule has 0 fully saturated rings. The molecule has 0 saturated carbocycles. The lowest BCUT2D eigenvalue weighted by atomic mass is 9.85. The zero-order valence-corrected chi connectivity index (χ0v) is 16.0. The summed E-state index contributed by atoms with van der Waals surface area (Å²) in [6.07, 6.45) is 1.93. The first-order valence-corrected chi connectivity index (χ1v) is 8.97. The van der Waals surface area contributed by atoms with Gasteiger partial charge in [-0.25, -0.2) is 4.79 Å². The van der Waals surface area contributed by atoms with Crippen LogP contribution in [0.1, 0.15) is 31.7 Å². The highest BCUT2D eigenvalue weighted by atomic mass is 19.3. The Hall–Kier alpha value is -3.01. The van der Waals surface area contributed by atoms with E-state index in [2.05, 4.69) is 10.1 Å². The van der Waals surface area contributed by atoms with Crippen molar-refractivity contribution in [2.75, 3.05) is 19.8 Å². The van der Waals surface area contributed by atoms with Crippen LogP contribution in [0.5, 0.6) is 5.75 Å². The fourth-order valence-corrected chi connectivity index (χ4v) is 2.89. The molecule has 1 unspecified atom stereocenters. The standard InChI is InChI=1S/C19H22F2N2O6/c1-3-8-27-9-10-28-18(24)16-12(2)22-11-14(23(25)26)17(16)13-6-4-5-7-15(13)29-19(20)21/h4-7,11,17,19,22H,3,8-10H2,1-2H3. The molecule has 0 bridgehead atoms. The van der Waals surface area contributed by atoms with Crippen molar-refractivity contribution in [1.29, 1.82) is 0 Å². The summed E-state index contributed by atoms with van der Waals surface area (Å²) in [6.45, 7) is 0.985. The molecule has 1 aliphatic heterocycles. The molecule has 0 aliphatic carbocycles. The van der Waals surface area contributed by atoms with Crippen LogP contribution < -0.4 is 10.1 Å². The normalized spacial score (nSPS) is 16.3. The van der Waals surface area contributed by atoms with Gasteiger partial charge in [-0.3, -0.25) is 10.1 Å². The van der Waals surface area contributed by atoms with E-state index in [1.807, 2.05) is 6.92 Å². The number of nitro groups is 1. The van der Waals surface area contributed by atoms with Crippen molar-refractivity contribution in [3.63, 3.8) is 0 Å². The summed E-state index contributed by atoms with van der Waals surface area (Å²) in [5, 5.41) is 14.3. The summed E-state index contributed by atoms with van der Waals surface area (Å²) in [5.41, 5.74) is -0.0761. The summed E-state index contributed by atoms with van der Waals surface area (Å²) in [4.78, 5) is 23.6. The van der Waals surface area contributed by atoms with Gasteiger partial charge in [0.05, 0.1) is 23.3 Å². The van der Waals surface area contributed by atoms with Gasteiger partial charge in [0.2, 0.25) is 0 Å². The smallest absolute Gasteiger partial charge is 0.387 e. The van der Waals surface area contributed by atoms with Gasteiger partial charge in [-0.2, -0.15) is 8.78 Å². The average molecular weight is 412 g/mol. The number of carbonyl (C=O) groups is 1. The summed E-state index contributed by atoms with van der Waals surface area (Å²) in [7, 11) is 0. The molecular formula is C19H22F2N2O6. The van der Waals surface area contributed by atoms with Crippen LogP contribution in [0.25, 0.3) is 0 Å². The van der Waals surface area contributed by atoms with Crippen molar-refractivity contribution < 1.29 is 32.7 Å². The van der Waals surface area contributed by atoms with E-state index in [4.69, 9.17) is 9.47 Å². The molecular weight excluding hydrogens is 390 g/mol. The first kappa shape index (κ1) is 22.3. The number of nitrogens with one attached hydrogen (secondary N) is 1. The van der Waals surface area contributed by atoms with E-state index in [1.54, 1.807) is 6.92 Å². The zero-order valence-electron chi connectivity index (χ0n) is 16.0. The molecule has 0 spiro atoms. The first-order valence-electron chi connectivity index (χ1n) is 8.97. The van der Waals surface area contributed by atoms with Crippen LogP contribution in [-0.2, 0) is 14.3 Å². The fourth-order valence-electron chi connectivity index (χ4n) is 2.89. The molecule has 158 valence electrons. The molecule has 1 atom stereocenters. The molecule has 0 amide bonds. The number of hydrogen-bond donors (Lipinski definition) is 1. The summed E-state index contributed by atoms with van der Waals surface area (Å²) >= 11 is 0. The quantitative estimate of drug-likeness (QED) is 0.272. The minimum atomic E-state index is -3.13. The second-order valence-corrected chi connectivity index (χ2v) is 6.11. The van der Waals surface area contributed by atoms with Gasteiger partial charge < -0.3 is 19.5 Å². The van der Waals surface area contributed by atoms with Crippen molar-refractivity contribution in [2.45, 2.75) is 32.8 Å². The van der Waals surface area contributed by atoms with Gasteiger partial charge in [-0.05, 0) is 19.4 Å². The van der Waals surface area contributed by atoms with Crippen LogP contribution in [0.4, 0.5) is 8.78 Å². The maximum atomic E-state index is 12.8. The third-order valence-electron chi connectivity index (χ3n) is 4.11. The number of dihydropyridines is 1. The number of esters is 1. The molecule has 2 rings (SSSR count). The monoisotopic (exact) mass is 412 g/mol. The van der Waals surface area contributed by atoms with E-state index in [1.165, 1.54) is 24.3 Å². The van der Waals surface area contributed by atoms with Crippen LogP contribution in [-0.4, -0.2) is 37.3 Å². The van der Waals surface area contributed by atoms with Crippen molar-refractivity contribution >= 4 is 5.97 Å². The number of benzene rings is 1. The van der Waals surface area contributed by atoms with Gasteiger partial charge in [0.1, 0.15) is 18.3 Å². The predicted octanol–water partition coefficient (Wildman–Crippen LogP) is 3.34. The van der Waals surface area contributed by atoms with Gasteiger partial charge in [0.15, 0.2) is 0 Å². The van der Waals surface area contributed by atoms with Crippen molar-refractivity contribution in [3.8, 4) is 5.75 Å². The number of rotatable bonds is 10. The average Bonchev–Trinajstić information content (AvgIpc) is 2.67. The van der Waals surface area contributed by atoms with Crippen LogP contribution in [0.15, 0.2) is 47.4 Å². The number of carbonyl (C=O) groups excluding carboxylic acids is 1. The van der Waals surface area contributed by atoms with Crippen LogP contribution >= 0.6 is 0 Å². The number of alkyl halides is 2. The SMILES string of the molecule is CCCOCCOC(=O)C1=C(C)NC=C([N+](=O)[O-])C1c1ccccc1OC(F)F. The minimum Gasteiger partial charge on any atom is -0.460 e. The Kier molecular flexibility index (Phi) is 8.08. The molecule has 1 aromatic rings. The Morgan fingerprint density at radius 2 is 2.00 bits per heavy atom. The summed E-state index contributed by atoms with van der Waals surface area (Å²) in [6, 6.07) is 5.63. The van der Waals surface area contributed by atoms with Gasteiger partial charge in [-0.1, -0.05) is 25.1 Å². The molecule has 1 aromatic carbocycles. The minimum absolute atomic E-state index is 0.0466. The number of halogens is 2. The topological polar surface area (TPSA) is 99.9 Å². The predicted molar refractivity (Wildman–Crippen MR) is 98.8 cm³/mol. The van der Waals surface area contributed by atoms with Gasteiger partial charge in [0, 0.05) is 17.9 Å². The maximum absolute atomic E-state index is 12.8. The lowest BCUT2D eigenvalue weighted by Gasteiger charge is -2.25. The number of hydrogen-bond acceptors (Lipinski definition) is 7. The third-order valence-corrected chi connectivity index (χ3v) is 4.11. The first-order chi connectivity index (χ1) is 13.9. The summed E-state index contributed by atoms with van der Waals surface area (Å²) < 4.78 is 40.6. The number of para-hydroxylation sites is 1. The lowest BCUT2D eigenvalue weighted by molar-refractivity contribution is -0.429. The second kappa shape index (κ2) is 10.5. The van der Waals surface area contributed by atoms with Crippen LogP contribution in [0.2, 0.25) is 0 Å². The second-order valence-electron chi connectivity index (χ2n) is 6.11. The maximum Gasteiger partial charge on any atom is 0.387 e. The lowest BCUT2D eigenvalue weighted by Crippen LogP contribution is -2.29. The molecule has 1 aliphatic rings. The Labute approximate surface area is 166 Å². The van der Waals surface area contributed by atoms with Crippen molar-refractivity contribution in [1.82, 2.24) is 5.32 Å². The summed E-state index contributed by atoms with van der Waals surface area (Å²) in [5.74, 6) is -2.31. The third kappa shape index (κ3) is 5.74. The zero-order chi connectivity index (χ0) is 21.4. The Bertz CT molecular complexity index is 810. The van der Waals surface area contributed by atoms with Crippen LogP contribution in [0, 0.1) is 10.1 Å². The fraction of sp³-hybridized carbons (Fsp3) is 0.421. The van der Waals surface area contributed by atoms with Gasteiger partial charge in [-0.15, -0.1) is 0 Å². The Morgan fingerprint density at radius 1 is 1.28 bits per heavy atom. The highest BCUT2D eigenvalue weighted by Crippen LogP contribution is 2.41. The molecule has 29 heavy (non-hydrogen) atoms. The largest absolute Gasteiger partial charge is 0.460 e. The molecule has 10 heteroatoms. The van der Waals surface area contributed by atoms with E-state index in [0.717, 1.165) is 12.6 Å². The van der Waals surface area contributed by atoms with E-state index < -0.39 is 29.1 Å². The number of ether oxygens (including phenoxy) is 3.